The van der Waals surface area contributed by atoms with Crippen LogP contribution in [0.1, 0.15) is 27.8 Å². The second-order valence-electron chi connectivity index (χ2n) is 8.48. The van der Waals surface area contributed by atoms with Gasteiger partial charge in [-0.1, -0.05) is 29.8 Å². The molecule has 0 radical (unpaired) electrons. The van der Waals surface area contributed by atoms with Gasteiger partial charge >= 0.3 is 6.36 Å². The summed E-state index contributed by atoms with van der Waals surface area (Å²) in [5.41, 5.74) is 5.51. The van der Waals surface area contributed by atoms with Crippen LogP contribution in [0.4, 0.5) is 13.2 Å². The van der Waals surface area contributed by atoms with Crippen LogP contribution in [0.15, 0.2) is 36.4 Å². The van der Waals surface area contributed by atoms with Gasteiger partial charge in [-0.3, -0.25) is 0 Å². The van der Waals surface area contributed by atoms with Crippen molar-refractivity contribution >= 4 is 11.4 Å². The Bertz CT molecular complexity index is 1770. The van der Waals surface area contributed by atoms with Gasteiger partial charge in [-0.25, -0.2) is 20.2 Å². The lowest BCUT2D eigenvalue weighted by Crippen LogP contribution is -2.25. The van der Waals surface area contributed by atoms with Gasteiger partial charge in [0.25, 0.3) is 11.4 Å². The molecule has 0 bridgehead atoms. The number of alkyl halides is 3. The first-order valence-corrected chi connectivity index (χ1v) is 10.7. The number of aryl methyl sites for hydroxylation is 1. The van der Waals surface area contributed by atoms with E-state index in [2.05, 4.69) is 14.4 Å². The second-order valence-corrected chi connectivity index (χ2v) is 8.48. The summed E-state index contributed by atoms with van der Waals surface area (Å²) in [7, 11) is 0. The molecule has 0 fully saturated rings. The van der Waals surface area contributed by atoms with E-state index in [0.717, 1.165) is 16.7 Å². The number of nitriles is 2. The smallest absolute Gasteiger partial charge is 0.406 e. The topological polar surface area (TPSA) is 65.5 Å². The van der Waals surface area contributed by atoms with E-state index in [9.17, 15) is 23.7 Å². The average Bonchev–Trinajstić information content (AvgIpc) is 3.38. The number of hydrogen-bond acceptors (Lipinski definition) is 3. The van der Waals surface area contributed by atoms with Crippen molar-refractivity contribution in [1.82, 2.24) is 0 Å². The van der Waals surface area contributed by atoms with Gasteiger partial charge in [-0.15, -0.1) is 13.2 Å². The number of hydrogen-bond donors (Lipinski definition) is 0. The van der Waals surface area contributed by atoms with Crippen LogP contribution in [0.5, 0.6) is 5.75 Å². The molecular weight excluding hydrogens is 465 g/mol. The van der Waals surface area contributed by atoms with Crippen LogP contribution < -0.4 is 15.2 Å². The summed E-state index contributed by atoms with van der Waals surface area (Å²) in [6.07, 6.45) is -4.26. The molecular formula is C28H13F3N4O. The van der Waals surface area contributed by atoms with E-state index < -0.39 is 12.1 Å². The van der Waals surface area contributed by atoms with Crippen LogP contribution in [0, 0.1) is 42.7 Å². The van der Waals surface area contributed by atoms with Crippen LogP contribution in [0.2, 0.25) is 0 Å². The van der Waals surface area contributed by atoms with Crippen molar-refractivity contribution in [1.29, 1.82) is 10.5 Å². The Balaban J connectivity index is 2.04. The minimum Gasteiger partial charge on any atom is -0.406 e. The Labute approximate surface area is 203 Å². The molecule has 5 nitrogen and oxygen atoms in total. The zero-order valence-electron chi connectivity index (χ0n) is 18.7. The fourth-order valence-electron chi connectivity index (χ4n) is 5.20. The Morgan fingerprint density at radius 2 is 1.39 bits per heavy atom. The van der Waals surface area contributed by atoms with Crippen LogP contribution >= 0.6 is 0 Å². The molecule has 0 saturated heterocycles. The summed E-state index contributed by atoms with van der Waals surface area (Å²) in [4.78, 5) is 6.91. The number of ether oxygens (including phenoxy) is 1. The Morgan fingerprint density at radius 3 is 1.92 bits per heavy atom. The summed E-state index contributed by atoms with van der Waals surface area (Å²) in [6, 6.07) is 13.6. The molecule has 0 N–H and O–H groups in total. The van der Waals surface area contributed by atoms with Crippen LogP contribution in [0.3, 0.4) is 0 Å². The van der Waals surface area contributed by atoms with Gasteiger partial charge in [0, 0.05) is 5.22 Å². The first-order valence-electron chi connectivity index (χ1n) is 10.7. The zero-order valence-corrected chi connectivity index (χ0v) is 18.7. The third-order valence-corrected chi connectivity index (χ3v) is 6.47. The first kappa shape index (κ1) is 22.7. The Morgan fingerprint density at radius 1 is 0.861 bits per heavy atom. The maximum atomic E-state index is 13.0. The van der Waals surface area contributed by atoms with Crippen molar-refractivity contribution in [3.63, 3.8) is 0 Å². The van der Waals surface area contributed by atoms with Crippen molar-refractivity contribution in [2.45, 2.75) is 26.1 Å². The number of nitrogens with zero attached hydrogens (tertiary/aromatic N) is 4. The normalized spacial score (nSPS) is 14.1. The predicted octanol–water partition coefficient (Wildman–Crippen LogP) is 5.14. The monoisotopic (exact) mass is 478 g/mol. The van der Waals surface area contributed by atoms with Gasteiger partial charge < -0.3 is 4.74 Å². The predicted molar refractivity (Wildman–Crippen MR) is 125 cm³/mol. The third kappa shape index (κ3) is 3.37. The van der Waals surface area contributed by atoms with Crippen molar-refractivity contribution in [3.05, 3.63) is 97.5 Å². The van der Waals surface area contributed by atoms with E-state index in [4.69, 9.17) is 13.1 Å². The molecule has 8 heteroatoms. The molecule has 5 rings (SSSR count). The number of rotatable bonds is 1. The maximum Gasteiger partial charge on any atom is 0.573 e. The van der Waals surface area contributed by atoms with Gasteiger partial charge in [0.15, 0.2) is 0 Å². The Hall–Kier alpha value is -5.05. The number of benzene rings is 3. The molecule has 0 unspecified atom stereocenters. The number of halogens is 3. The number of fused-ring (bicyclic) bond motifs is 6. The van der Waals surface area contributed by atoms with Gasteiger partial charge in [0.05, 0.1) is 25.3 Å². The van der Waals surface area contributed by atoms with Crippen LogP contribution in [-0.4, -0.2) is 6.36 Å². The maximum absolute atomic E-state index is 13.0. The van der Waals surface area contributed by atoms with E-state index in [-0.39, 0.29) is 17.8 Å². The molecule has 3 aromatic carbocycles. The van der Waals surface area contributed by atoms with E-state index in [1.54, 1.807) is 0 Å². The fourth-order valence-corrected chi connectivity index (χ4v) is 5.20. The highest BCUT2D eigenvalue weighted by atomic mass is 19.4. The molecule has 0 aliphatic heterocycles. The van der Waals surface area contributed by atoms with Crippen molar-refractivity contribution in [3.8, 4) is 40.1 Å². The average molecular weight is 478 g/mol. The van der Waals surface area contributed by atoms with Crippen molar-refractivity contribution in [2.75, 3.05) is 0 Å². The fraction of sp³-hybridized carbons (Fsp3) is 0.143. The van der Waals surface area contributed by atoms with Crippen molar-refractivity contribution < 1.29 is 17.9 Å². The molecule has 0 amide bonds. The molecule has 0 aromatic heterocycles. The minimum absolute atomic E-state index is 0.139. The molecule has 2 aliphatic carbocycles. The third-order valence-electron chi connectivity index (χ3n) is 6.47. The highest BCUT2D eigenvalue weighted by Crippen LogP contribution is 2.42. The summed E-state index contributed by atoms with van der Waals surface area (Å²) < 4.78 is 43.0. The largest absolute Gasteiger partial charge is 0.573 e. The molecule has 0 saturated carbocycles. The zero-order chi connectivity index (χ0) is 25.8. The van der Waals surface area contributed by atoms with Crippen molar-refractivity contribution in [2.24, 2.45) is 0 Å². The van der Waals surface area contributed by atoms with E-state index >= 15 is 0 Å². The van der Waals surface area contributed by atoms with E-state index in [1.807, 2.05) is 37.3 Å². The molecule has 0 spiro atoms. The van der Waals surface area contributed by atoms with Gasteiger partial charge in [0.2, 0.25) is 0 Å². The lowest BCUT2D eigenvalue weighted by Gasteiger charge is -2.14. The van der Waals surface area contributed by atoms with Gasteiger partial charge in [0.1, 0.15) is 5.75 Å². The highest BCUT2D eigenvalue weighted by molar-refractivity contribution is 5.93. The molecule has 36 heavy (non-hydrogen) atoms. The van der Waals surface area contributed by atoms with Crippen LogP contribution in [-0.2, 0) is 12.8 Å². The molecule has 3 aromatic rings. The summed E-state index contributed by atoms with van der Waals surface area (Å²) in [6.45, 7) is 17.2. The second kappa shape index (κ2) is 8.02. The molecule has 0 heterocycles. The van der Waals surface area contributed by atoms with Gasteiger partial charge in [-0.2, -0.15) is 0 Å². The molecule has 2 aliphatic rings. The van der Waals surface area contributed by atoms with Gasteiger partial charge in [-0.05, 0) is 81.6 Å². The summed E-state index contributed by atoms with van der Waals surface area (Å²) >= 11 is 0. The summed E-state index contributed by atoms with van der Waals surface area (Å²) in [5.74, 6) is -0.436. The lowest BCUT2D eigenvalue weighted by molar-refractivity contribution is -0.274. The van der Waals surface area contributed by atoms with E-state index in [0.29, 0.717) is 50.2 Å². The molecule has 0 atom stereocenters. The summed E-state index contributed by atoms with van der Waals surface area (Å²) in [5, 5.41) is 20.4. The minimum atomic E-state index is -4.90. The quantitative estimate of drug-likeness (QED) is 0.314. The lowest BCUT2D eigenvalue weighted by atomic mass is 9.90. The van der Waals surface area contributed by atoms with E-state index in [1.165, 1.54) is 18.2 Å². The first-order chi connectivity index (χ1) is 17.2. The standard InChI is InChI=1S/C28H13F3N4O/c1-14-4-5-15-9-20-24(22(12-32)34-2)21-10-16-6-7-17(36-28(29,30)31)11-19(16)26(21)27(23(13-33)35-3)25(20)18(15)8-14/h4-8,11H,9-10H2,1H3/b24-22+,27-23+. The SMILES string of the molecule is [C-]#[N+]/C(C#N)=c1\c2c(/c(=C(/C#N)[N+]#[C-])c3c1Cc1ccc(OC(F)(F)F)cc1-3)-c1cc(C)ccc1C2. The molecule has 172 valence electrons. The van der Waals surface area contributed by atoms with Crippen LogP contribution in [0.25, 0.3) is 43.3 Å². The Kier molecular flexibility index (Phi) is 5.06. The highest BCUT2D eigenvalue weighted by Gasteiger charge is 2.34.